The Bertz CT molecular complexity index is 668. The fraction of sp³-hybridized carbons (Fsp3) is 0.0667. The zero-order valence-corrected chi connectivity index (χ0v) is 12.3. The molecule has 2 aromatic rings. The number of carboxylic acids is 1. The minimum absolute atomic E-state index is 0.169. The maximum Gasteiger partial charge on any atom is 0.337 e. The summed E-state index contributed by atoms with van der Waals surface area (Å²) in [5, 5.41) is 9.10. The molecule has 0 saturated heterocycles. The van der Waals surface area contributed by atoms with Crippen LogP contribution in [-0.2, 0) is 0 Å². The van der Waals surface area contributed by atoms with Gasteiger partial charge in [0.1, 0.15) is 5.75 Å². The number of halogens is 1. The molecule has 0 bridgehead atoms. The van der Waals surface area contributed by atoms with Crippen LogP contribution >= 0.6 is 15.9 Å². The summed E-state index contributed by atoms with van der Waals surface area (Å²) in [6.07, 6.45) is 1.61. The molecule has 0 aliphatic rings. The molecule has 102 valence electrons. The summed E-state index contributed by atoms with van der Waals surface area (Å²) in [5.41, 5.74) is 1.39. The fourth-order valence-corrected chi connectivity index (χ4v) is 2.00. The van der Waals surface area contributed by atoms with E-state index in [1.165, 1.54) is 6.07 Å². The lowest BCUT2D eigenvalue weighted by Gasteiger charge is -2.03. The Morgan fingerprint density at radius 3 is 2.75 bits per heavy atom. The van der Waals surface area contributed by atoms with Gasteiger partial charge in [0.15, 0.2) is 0 Å². The van der Waals surface area contributed by atoms with E-state index in [0.717, 1.165) is 10.0 Å². The molecule has 2 rings (SSSR count). The quantitative estimate of drug-likeness (QED) is 0.863. The molecular weight excluding hydrogens is 322 g/mol. The van der Waals surface area contributed by atoms with E-state index in [1.54, 1.807) is 31.5 Å². The lowest BCUT2D eigenvalue weighted by molar-refractivity contribution is 0.0698. The van der Waals surface area contributed by atoms with Gasteiger partial charge in [-0.25, -0.2) is 4.79 Å². The number of ether oxygens (including phenoxy) is 1. The average molecular weight is 334 g/mol. The van der Waals surface area contributed by atoms with Gasteiger partial charge in [0, 0.05) is 16.3 Å². The van der Waals surface area contributed by atoms with Crippen molar-refractivity contribution in [2.75, 3.05) is 7.11 Å². The van der Waals surface area contributed by atoms with Crippen LogP contribution < -0.4 is 4.74 Å². The summed E-state index contributed by atoms with van der Waals surface area (Å²) in [6, 6.07) is 12.1. The van der Waals surface area contributed by atoms with E-state index in [0.29, 0.717) is 11.4 Å². The minimum atomic E-state index is -0.998. The summed E-state index contributed by atoms with van der Waals surface area (Å²) >= 11 is 3.42. The molecule has 1 N–H and O–H groups in total. The first-order chi connectivity index (χ1) is 9.61. The van der Waals surface area contributed by atoms with Crippen LogP contribution in [0, 0.1) is 0 Å². The number of rotatable bonds is 4. The maximum absolute atomic E-state index is 11.1. The van der Waals surface area contributed by atoms with Crippen LogP contribution in [0.25, 0.3) is 0 Å². The van der Waals surface area contributed by atoms with Crippen molar-refractivity contribution in [1.29, 1.82) is 0 Å². The molecule has 0 amide bonds. The van der Waals surface area contributed by atoms with Gasteiger partial charge in [0.2, 0.25) is 0 Å². The van der Waals surface area contributed by atoms with Crippen LogP contribution in [0.4, 0.5) is 5.69 Å². The van der Waals surface area contributed by atoms with E-state index in [2.05, 4.69) is 20.9 Å². The maximum atomic E-state index is 11.1. The number of aromatic carboxylic acids is 1. The lowest BCUT2D eigenvalue weighted by Crippen LogP contribution is -1.96. The standard InChI is InChI=1S/C15H12BrNO3/c1-20-11-6-7-13(16)10(8-11)9-17-14-5-3-2-4-12(14)15(18)19/h2-9H,1H3,(H,18,19). The van der Waals surface area contributed by atoms with Gasteiger partial charge in [-0.15, -0.1) is 0 Å². The summed E-state index contributed by atoms with van der Waals surface area (Å²) < 4.78 is 6.00. The second-order valence-corrected chi connectivity index (χ2v) is 4.82. The van der Waals surface area contributed by atoms with Gasteiger partial charge >= 0.3 is 5.97 Å². The number of para-hydroxylation sites is 1. The number of hydrogen-bond donors (Lipinski definition) is 1. The summed E-state index contributed by atoms with van der Waals surface area (Å²) in [5.74, 6) is -0.288. The van der Waals surface area contributed by atoms with E-state index in [4.69, 9.17) is 9.84 Å². The Balaban J connectivity index is 2.37. The molecule has 0 saturated carbocycles. The molecule has 0 aliphatic carbocycles. The Labute approximate surface area is 124 Å². The van der Waals surface area contributed by atoms with E-state index in [1.807, 2.05) is 18.2 Å². The second-order valence-electron chi connectivity index (χ2n) is 3.97. The Kier molecular flexibility index (Phi) is 4.53. The largest absolute Gasteiger partial charge is 0.497 e. The predicted octanol–water partition coefficient (Wildman–Crippen LogP) is 3.91. The second kappa shape index (κ2) is 6.34. The first-order valence-electron chi connectivity index (χ1n) is 5.81. The molecule has 0 fully saturated rings. The molecule has 0 spiro atoms. The van der Waals surface area contributed by atoms with Crippen molar-refractivity contribution in [3.8, 4) is 5.75 Å². The molecule has 0 aromatic heterocycles. The molecule has 4 nitrogen and oxygen atoms in total. The zero-order chi connectivity index (χ0) is 14.5. The third-order valence-corrected chi connectivity index (χ3v) is 3.40. The molecule has 5 heteroatoms. The van der Waals surface area contributed by atoms with Crippen molar-refractivity contribution in [1.82, 2.24) is 0 Å². The van der Waals surface area contributed by atoms with Gasteiger partial charge in [-0.05, 0) is 30.3 Å². The number of carbonyl (C=O) groups is 1. The van der Waals surface area contributed by atoms with Gasteiger partial charge in [0.05, 0.1) is 18.4 Å². The van der Waals surface area contributed by atoms with E-state index < -0.39 is 5.97 Å². The van der Waals surface area contributed by atoms with Crippen molar-refractivity contribution in [3.63, 3.8) is 0 Å². The Morgan fingerprint density at radius 2 is 2.05 bits per heavy atom. The molecule has 0 radical (unpaired) electrons. The first-order valence-corrected chi connectivity index (χ1v) is 6.61. The van der Waals surface area contributed by atoms with Crippen LogP contribution in [0.5, 0.6) is 5.75 Å². The van der Waals surface area contributed by atoms with Crippen molar-refractivity contribution >= 4 is 33.8 Å². The molecule has 0 aliphatic heterocycles. The van der Waals surface area contributed by atoms with Crippen molar-refractivity contribution in [2.24, 2.45) is 4.99 Å². The Hall–Kier alpha value is -2.14. The minimum Gasteiger partial charge on any atom is -0.497 e. The smallest absolute Gasteiger partial charge is 0.337 e. The van der Waals surface area contributed by atoms with E-state index in [9.17, 15) is 4.79 Å². The van der Waals surface area contributed by atoms with Crippen molar-refractivity contribution < 1.29 is 14.6 Å². The molecule has 0 unspecified atom stereocenters. The third-order valence-electron chi connectivity index (χ3n) is 2.68. The van der Waals surface area contributed by atoms with Crippen LogP contribution in [0.2, 0.25) is 0 Å². The number of carboxylic acid groups (broad SMARTS) is 1. The highest BCUT2D eigenvalue weighted by Gasteiger charge is 2.07. The van der Waals surface area contributed by atoms with Gasteiger partial charge in [0.25, 0.3) is 0 Å². The van der Waals surface area contributed by atoms with Gasteiger partial charge < -0.3 is 9.84 Å². The third kappa shape index (κ3) is 3.24. The highest BCUT2D eigenvalue weighted by Crippen LogP contribution is 2.23. The molecule has 0 atom stereocenters. The number of hydrogen-bond acceptors (Lipinski definition) is 3. The van der Waals surface area contributed by atoms with E-state index >= 15 is 0 Å². The van der Waals surface area contributed by atoms with Crippen molar-refractivity contribution in [2.45, 2.75) is 0 Å². The molecule has 0 heterocycles. The van der Waals surface area contributed by atoms with Crippen LogP contribution in [0.1, 0.15) is 15.9 Å². The van der Waals surface area contributed by atoms with Crippen LogP contribution in [-0.4, -0.2) is 24.4 Å². The first kappa shape index (κ1) is 14.3. The Morgan fingerprint density at radius 1 is 1.30 bits per heavy atom. The van der Waals surface area contributed by atoms with E-state index in [-0.39, 0.29) is 5.56 Å². The molecular formula is C15H12BrNO3. The van der Waals surface area contributed by atoms with Gasteiger partial charge in [-0.3, -0.25) is 4.99 Å². The summed E-state index contributed by atoms with van der Waals surface area (Å²) in [6.45, 7) is 0. The summed E-state index contributed by atoms with van der Waals surface area (Å²) in [4.78, 5) is 15.3. The van der Waals surface area contributed by atoms with Gasteiger partial charge in [-0.1, -0.05) is 28.1 Å². The number of methoxy groups -OCH3 is 1. The average Bonchev–Trinajstić information content (AvgIpc) is 2.46. The highest BCUT2D eigenvalue weighted by atomic mass is 79.9. The highest BCUT2D eigenvalue weighted by molar-refractivity contribution is 9.10. The normalized spacial score (nSPS) is 10.7. The lowest BCUT2D eigenvalue weighted by atomic mass is 10.2. The number of nitrogens with zero attached hydrogens (tertiary/aromatic N) is 1. The van der Waals surface area contributed by atoms with Crippen LogP contribution in [0.15, 0.2) is 51.9 Å². The van der Waals surface area contributed by atoms with Crippen LogP contribution in [0.3, 0.4) is 0 Å². The summed E-state index contributed by atoms with van der Waals surface area (Å²) in [7, 11) is 1.59. The van der Waals surface area contributed by atoms with Gasteiger partial charge in [-0.2, -0.15) is 0 Å². The van der Waals surface area contributed by atoms with Crippen molar-refractivity contribution in [3.05, 3.63) is 58.1 Å². The molecule has 20 heavy (non-hydrogen) atoms. The molecule has 2 aromatic carbocycles. The monoisotopic (exact) mass is 333 g/mol. The SMILES string of the molecule is COc1ccc(Br)c(C=Nc2ccccc2C(=O)O)c1. The fourth-order valence-electron chi connectivity index (χ4n) is 1.65. The topological polar surface area (TPSA) is 58.9 Å². The number of benzene rings is 2. The predicted molar refractivity (Wildman–Crippen MR) is 81.3 cm³/mol. The number of aliphatic imine (C=N–C) groups is 1. The zero-order valence-electron chi connectivity index (χ0n) is 10.7.